The summed E-state index contributed by atoms with van der Waals surface area (Å²) in [5.41, 5.74) is -0.420. The summed E-state index contributed by atoms with van der Waals surface area (Å²) in [6.07, 6.45) is 7.87. The summed E-state index contributed by atoms with van der Waals surface area (Å²) in [5.74, 6) is -1.31. The highest BCUT2D eigenvalue weighted by atomic mass is 35.5. The molecule has 1 N–H and O–H groups in total. The fourth-order valence-corrected chi connectivity index (χ4v) is 5.15. The summed E-state index contributed by atoms with van der Waals surface area (Å²) in [6, 6.07) is 2.17. The van der Waals surface area contributed by atoms with Crippen molar-refractivity contribution in [1.29, 1.82) is 0 Å². The van der Waals surface area contributed by atoms with Crippen LogP contribution in [0.2, 0.25) is 5.02 Å². The highest BCUT2D eigenvalue weighted by Gasteiger charge is 2.27. The van der Waals surface area contributed by atoms with Gasteiger partial charge in [0.05, 0.1) is 17.2 Å². The molecular formula is C19H26ClFN2O4S. The Kier molecular flexibility index (Phi) is 7.17. The number of rotatable bonds is 6. The van der Waals surface area contributed by atoms with E-state index in [9.17, 15) is 17.6 Å². The van der Waals surface area contributed by atoms with Gasteiger partial charge in [0, 0.05) is 19.2 Å². The lowest BCUT2D eigenvalue weighted by Crippen LogP contribution is -2.44. The van der Waals surface area contributed by atoms with Crippen LogP contribution >= 0.6 is 11.6 Å². The smallest absolute Gasteiger partial charge is 0.304 e. The molecule has 0 bridgehead atoms. The Morgan fingerprint density at radius 3 is 2.43 bits per heavy atom. The number of nitrogens with one attached hydrogen (secondary N) is 1. The summed E-state index contributed by atoms with van der Waals surface area (Å²) in [4.78, 5) is 12.4. The molecule has 1 aliphatic carbocycles. The molecule has 1 aromatic carbocycles. The Bertz CT molecular complexity index is 804. The van der Waals surface area contributed by atoms with Crippen LogP contribution in [-0.4, -0.2) is 38.3 Å². The van der Waals surface area contributed by atoms with Crippen LogP contribution in [0, 0.1) is 11.7 Å². The highest BCUT2D eigenvalue weighted by Crippen LogP contribution is 2.31. The number of hydrogen-bond acceptors (Lipinski definition) is 4. The summed E-state index contributed by atoms with van der Waals surface area (Å²) >= 11 is 6.14. The molecule has 6 nitrogen and oxygen atoms in total. The molecule has 3 rings (SSSR count). The lowest BCUT2D eigenvalue weighted by atomic mass is 10.1. The molecule has 1 aromatic rings. The van der Waals surface area contributed by atoms with Crippen LogP contribution in [0.5, 0.6) is 5.75 Å². The average molecular weight is 433 g/mol. The first-order chi connectivity index (χ1) is 13.4. The maximum Gasteiger partial charge on any atom is 0.304 e. The Hall–Kier alpha value is -1.38. The summed E-state index contributed by atoms with van der Waals surface area (Å²) < 4.78 is 48.2. The number of carbonyl (C=O) groups is 1. The van der Waals surface area contributed by atoms with Crippen molar-refractivity contribution in [2.45, 2.75) is 51.4 Å². The lowest BCUT2D eigenvalue weighted by molar-refractivity contribution is 0.0975. The minimum Gasteiger partial charge on any atom is -0.492 e. The first kappa shape index (κ1) is 21.3. The van der Waals surface area contributed by atoms with Crippen molar-refractivity contribution in [1.82, 2.24) is 9.03 Å². The minimum absolute atomic E-state index is 0.0803. The zero-order valence-electron chi connectivity index (χ0n) is 15.8. The van der Waals surface area contributed by atoms with Crippen molar-refractivity contribution in [2.24, 2.45) is 5.92 Å². The average Bonchev–Trinajstić information content (AvgIpc) is 3.00. The fraction of sp³-hybridized carbons (Fsp3) is 0.632. The molecule has 1 heterocycles. The molecule has 156 valence electrons. The minimum atomic E-state index is -4.02. The molecule has 28 heavy (non-hydrogen) atoms. The van der Waals surface area contributed by atoms with Crippen LogP contribution in [0.4, 0.5) is 4.39 Å². The Balaban J connectivity index is 1.68. The van der Waals surface area contributed by atoms with Crippen LogP contribution in [0.1, 0.15) is 61.7 Å². The van der Waals surface area contributed by atoms with Crippen molar-refractivity contribution in [3.8, 4) is 5.75 Å². The third-order valence-electron chi connectivity index (χ3n) is 5.34. The second-order valence-electron chi connectivity index (χ2n) is 7.47. The van der Waals surface area contributed by atoms with E-state index in [1.54, 1.807) is 0 Å². The van der Waals surface area contributed by atoms with Gasteiger partial charge in [0.1, 0.15) is 11.6 Å². The third-order valence-corrected chi connectivity index (χ3v) is 7.13. The van der Waals surface area contributed by atoms with Gasteiger partial charge in [-0.1, -0.05) is 37.3 Å². The normalized spacial score (nSPS) is 19.4. The lowest BCUT2D eigenvalue weighted by Gasteiger charge is -2.20. The largest absolute Gasteiger partial charge is 0.492 e. The van der Waals surface area contributed by atoms with Crippen LogP contribution in [0.3, 0.4) is 0 Å². The van der Waals surface area contributed by atoms with E-state index < -0.39 is 27.5 Å². The number of halogens is 2. The van der Waals surface area contributed by atoms with Gasteiger partial charge in [-0.25, -0.2) is 9.11 Å². The number of benzene rings is 1. The Morgan fingerprint density at radius 2 is 1.79 bits per heavy atom. The summed E-state index contributed by atoms with van der Waals surface area (Å²) in [5, 5.41) is 0.0803. The van der Waals surface area contributed by atoms with E-state index in [0.717, 1.165) is 50.7 Å². The van der Waals surface area contributed by atoms with Gasteiger partial charge in [0.25, 0.3) is 5.91 Å². The van der Waals surface area contributed by atoms with Gasteiger partial charge in [-0.15, -0.1) is 0 Å². The molecule has 0 radical (unpaired) electrons. The molecule has 1 saturated carbocycles. The van der Waals surface area contributed by atoms with E-state index in [2.05, 4.69) is 0 Å². The molecule has 2 fully saturated rings. The number of carbonyl (C=O) groups excluding carboxylic acids is 1. The molecular weight excluding hydrogens is 407 g/mol. The van der Waals surface area contributed by atoms with Crippen LogP contribution in [0.25, 0.3) is 0 Å². The van der Waals surface area contributed by atoms with Crippen molar-refractivity contribution in [2.75, 3.05) is 19.7 Å². The molecule has 1 saturated heterocycles. The van der Waals surface area contributed by atoms with Crippen molar-refractivity contribution < 1.29 is 22.3 Å². The van der Waals surface area contributed by atoms with Gasteiger partial charge in [-0.2, -0.15) is 12.7 Å². The topological polar surface area (TPSA) is 75.7 Å². The maximum absolute atomic E-state index is 14.5. The standard InChI is InChI=1S/C19H26ClFN2O4S/c20-16-11-15(17(21)12-18(16)27-13-14-7-3-4-8-14)19(24)22-28(25,26)23-9-5-1-2-6-10-23/h11-12,14H,1-10,13H2,(H,22,24). The molecule has 9 heteroatoms. The van der Waals surface area contributed by atoms with Gasteiger partial charge in [0.2, 0.25) is 0 Å². The summed E-state index contributed by atoms with van der Waals surface area (Å²) in [7, 11) is -4.02. The maximum atomic E-state index is 14.5. The SMILES string of the molecule is O=C(NS(=O)(=O)N1CCCCCC1)c1cc(Cl)c(OCC2CCCC2)cc1F. The van der Waals surface area contributed by atoms with E-state index in [1.165, 1.54) is 17.1 Å². The molecule has 1 aliphatic heterocycles. The second-order valence-corrected chi connectivity index (χ2v) is 9.55. The number of ether oxygens (including phenoxy) is 1. The van der Waals surface area contributed by atoms with Crippen molar-refractivity contribution in [3.63, 3.8) is 0 Å². The number of amides is 1. The van der Waals surface area contributed by atoms with Crippen molar-refractivity contribution >= 4 is 27.7 Å². The molecule has 0 unspecified atom stereocenters. The molecule has 1 amide bonds. The van der Waals surface area contributed by atoms with Gasteiger partial charge in [0.15, 0.2) is 0 Å². The zero-order chi connectivity index (χ0) is 20.1. The highest BCUT2D eigenvalue weighted by molar-refractivity contribution is 7.87. The van der Waals surface area contributed by atoms with Gasteiger partial charge < -0.3 is 4.74 Å². The van der Waals surface area contributed by atoms with Crippen LogP contribution in [0.15, 0.2) is 12.1 Å². The van der Waals surface area contributed by atoms with Crippen LogP contribution < -0.4 is 9.46 Å². The fourth-order valence-electron chi connectivity index (χ4n) is 3.72. The Labute approximate surface area is 170 Å². The number of nitrogens with zero attached hydrogens (tertiary/aromatic N) is 1. The quantitative estimate of drug-likeness (QED) is 0.739. The van der Waals surface area contributed by atoms with E-state index >= 15 is 0 Å². The van der Waals surface area contributed by atoms with E-state index in [1.807, 2.05) is 4.72 Å². The van der Waals surface area contributed by atoms with E-state index in [4.69, 9.17) is 16.3 Å². The number of hydrogen-bond donors (Lipinski definition) is 1. The first-order valence-electron chi connectivity index (χ1n) is 9.81. The predicted molar refractivity (Wildman–Crippen MR) is 105 cm³/mol. The molecule has 2 aliphatic rings. The predicted octanol–water partition coefficient (Wildman–Crippen LogP) is 3.90. The molecule has 0 spiro atoms. The van der Waals surface area contributed by atoms with Gasteiger partial charge in [-0.05, 0) is 37.7 Å². The monoisotopic (exact) mass is 432 g/mol. The molecule has 0 aromatic heterocycles. The zero-order valence-corrected chi connectivity index (χ0v) is 17.3. The Morgan fingerprint density at radius 1 is 1.14 bits per heavy atom. The van der Waals surface area contributed by atoms with Crippen LogP contribution in [-0.2, 0) is 10.2 Å². The third kappa shape index (κ3) is 5.36. The van der Waals surface area contributed by atoms with E-state index in [0.29, 0.717) is 25.6 Å². The van der Waals surface area contributed by atoms with Crippen molar-refractivity contribution in [3.05, 3.63) is 28.5 Å². The van der Waals surface area contributed by atoms with E-state index in [-0.39, 0.29) is 10.8 Å². The first-order valence-corrected chi connectivity index (χ1v) is 11.6. The van der Waals surface area contributed by atoms with Gasteiger partial charge >= 0.3 is 10.2 Å². The molecule has 0 atom stereocenters. The summed E-state index contributed by atoms with van der Waals surface area (Å²) in [6.45, 7) is 1.15. The second kappa shape index (κ2) is 9.41. The van der Waals surface area contributed by atoms with Gasteiger partial charge in [-0.3, -0.25) is 4.79 Å².